The highest BCUT2D eigenvalue weighted by molar-refractivity contribution is 5.24. The molecule has 0 aromatic heterocycles. The predicted molar refractivity (Wildman–Crippen MR) is 105 cm³/mol. The zero-order valence-corrected chi connectivity index (χ0v) is 16.7. The lowest BCUT2D eigenvalue weighted by Gasteiger charge is -2.05. The van der Waals surface area contributed by atoms with Gasteiger partial charge in [-0.3, -0.25) is 0 Å². The minimum Gasteiger partial charge on any atom is -0.0683 e. The van der Waals surface area contributed by atoms with Gasteiger partial charge in [-0.05, 0) is 29.7 Å². The van der Waals surface area contributed by atoms with Crippen LogP contribution in [0.15, 0.2) is 30.3 Å². The van der Waals surface area contributed by atoms with E-state index in [1.54, 1.807) is 0 Å². The van der Waals surface area contributed by atoms with Gasteiger partial charge >= 0.3 is 0 Å². The molecular weight excluding hydrogens is 264 g/mol. The van der Waals surface area contributed by atoms with Crippen molar-refractivity contribution in [3.63, 3.8) is 0 Å². The molecule has 0 bridgehead atoms. The first-order valence-corrected chi connectivity index (χ1v) is 9.73. The lowest BCUT2D eigenvalue weighted by molar-refractivity contribution is 0.480. The molecule has 0 N–H and O–H groups in total. The number of benzene rings is 1. The Morgan fingerprint density at radius 2 is 1.32 bits per heavy atom. The van der Waals surface area contributed by atoms with E-state index >= 15 is 0 Å². The molecule has 2 rings (SSSR count). The van der Waals surface area contributed by atoms with Gasteiger partial charge in [-0.25, -0.2) is 0 Å². The molecule has 1 fully saturated rings. The van der Waals surface area contributed by atoms with Crippen LogP contribution >= 0.6 is 0 Å². The maximum atomic E-state index is 2.34. The van der Waals surface area contributed by atoms with E-state index in [1.165, 1.54) is 37.7 Å². The smallest absolute Gasteiger partial charge is 0.0133 e. The van der Waals surface area contributed by atoms with E-state index in [0.29, 0.717) is 0 Å². The van der Waals surface area contributed by atoms with Crippen molar-refractivity contribution < 1.29 is 0 Å². The second-order valence-electron chi connectivity index (χ2n) is 5.91. The summed E-state index contributed by atoms with van der Waals surface area (Å²) >= 11 is 0. The van der Waals surface area contributed by atoms with Gasteiger partial charge in [0, 0.05) is 0 Å². The second kappa shape index (κ2) is 16.6. The van der Waals surface area contributed by atoms with Gasteiger partial charge in [0.1, 0.15) is 0 Å². The molecule has 1 aromatic carbocycles. The molecule has 0 heterocycles. The van der Waals surface area contributed by atoms with E-state index < -0.39 is 0 Å². The predicted octanol–water partition coefficient (Wildman–Crippen LogP) is 8.09. The highest BCUT2D eigenvalue weighted by atomic mass is 14.4. The fourth-order valence-corrected chi connectivity index (χ4v) is 2.62. The van der Waals surface area contributed by atoms with Gasteiger partial charge in [-0.1, -0.05) is 111 Å². The van der Waals surface area contributed by atoms with Gasteiger partial charge in [0.05, 0.1) is 0 Å². The molecule has 1 aliphatic rings. The minimum atomic E-state index is 0.876. The van der Waals surface area contributed by atoms with Gasteiger partial charge in [-0.15, -0.1) is 0 Å². The molecule has 22 heavy (non-hydrogen) atoms. The molecule has 0 spiro atoms. The topological polar surface area (TPSA) is 0 Å². The average molecular weight is 307 g/mol. The van der Waals surface area contributed by atoms with Crippen LogP contribution in [0.5, 0.6) is 0 Å². The Labute approximate surface area is 141 Å². The third-order valence-electron chi connectivity index (χ3n) is 3.90. The molecule has 0 heteroatoms. The maximum absolute atomic E-state index is 2.34. The average Bonchev–Trinajstić information content (AvgIpc) is 3.30. The van der Waals surface area contributed by atoms with Gasteiger partial charge in [-0.2, -0.15) is 0 Å². The minimum absolute atomic E-state index is 0.876. The first-order valence-electron chi connectivity index (χ1n) is 9.73. The molecule has 0 nitrogen and oxygen atoms in total. The van der Waals surface area contributed by atoms with Gasteiger partial charge < -0.3 is 0 Å². The van der Waals surface area contributed by atoms with Crippen LogP contribution in [0, 0.1) is 11.8 Å². The molecule has 0 saturated heterocycles. The van der Waals surface area contributed by atoms with Crippen molar-refractivity contribution in [2.24, 2.45) is 11.8 Å². The zero-order valence-electron chi connectivity index (χ0n) is 16.7. The molecule has 1 aromatic rings. The largest absolute Gasteiger partial charge is 0.0683 e. The van der Waals surface area contributed by atoms with Crippen molar-refractivity contribution in [2.45, 2.75) is 93.4 Å². The van der Waals surface area contributed by atoms with Crippen LogP contribution in [0.2, 0.25) is 0 Å². The summed E-state index contributed by atoms with van der Waals surface area (Å²) in [6.45, 7) is 17.2. The first kappa shape index (κ1) is 23.5. The standard InChI is InChI=1S/C10H12.C8H18.2C2H6/c1-8-7-10(8)9-5-3-2-4-6-9;1-4-6-8(3)7-5-2;2*1-2/h2-6,8,10H,7H2,1H3;8H,4-7H2,1-3H3;2*1-2H3/t8-,10+;;;/m0.../s1. The van der Waals surface area contributed by atoms with E-state index in [4.69, 9.17) is 0 Å². The second-order valence-corrected chi connectivity index (χ2v) is 5.91. The van der Waals surface area contributed by atoms with Crippen molar-refractivity contribution in [1.82, 2.24) is 0 Å². The SMILES string of the molecule is CC.CC.CCCC(C)CCC.C[C@H]1C[C@H]1c1ccccc1. The van der Waals surface area contributed by atoms with E-state index in [0.717, 1.165) is 17.8 Å². The monoisotopic (exact) mass is 306 g/mol. The summed E-state index contributed by atoms with van der Waals surface area (Å²) in [6, 6.07) is 10.8. The first-order chi connectivity index (χ1) is 10.7. The highest BCUT2D eigenvalue weighted by Crippen LogP contribution is 2.46. The molecule has 0 radical (unpaired) electrons. The Bertz CT molecular complexity index is 295. The van der Waals surface area contributed by atoms with Crippen molar-refractivity contribution in [3.05, 3.63) is 35.9 Å². The van der Waals surface area contributed by atoms with Crippen LogP contribution in [0.25, 0.3) is 0 Å². The molecular formula is C22H42. The Balaban J connectivity index is 0. The molecule has 2 atom stereocenters. The Hall–Kier alpha value is -0.780. The quantitative estimate of drug-likeness (QED) is 0.515. The highest BCUT2D eigenvalue weighted by Gasteiger charge is 2.33. The van der Waals surface area contributed by atoms with E-state index in [-0.39, 0.29) is 0 Å². The van der Waals surface area contributed by atoms with Crippen LogP contribution in [-0.4, -0.2) is 0 Å². The van der Waals surface area contributed by atoms with E-state index in [2.05, 4.69) is 58.0 Å². The summed E-state index contributed by atoms with van der Waals surface area (Å²) in [5.74, 6) is 2.77. The summed E-state index contributed by atoms with van der Waals surface area (Å²) in [7, 11) is 0. The molecule has 1 saturated carbocycles. The fraction of sp³-hybridized carbons (Fsp3) is 0.727. The third-order valence-corrected chi connectivity index (χ3v) is 3.90. The van der Waals surface area contributed by atoms with Gasteiger partial charge in [0.25, 0.3) is 0 Å². The van der Waals surface area contributed by atoms with Crippen LogP contribution in [-0.2, 0) is 0 Å². The molecule has 0 aliphatic heterocycles. The number of hydrogen-bond acceptors (Lipinski definition) is 0. The number of hydrogen-bond donors (Lipinski definition) is 0. The Kier molecular flexibility index (Phi) is 17.7. The Morgan fingerprint density at radius 3 is 1.64 bits per heavy atom. The van der Waals surface area contributed by atoms with Crippen LogP contribution < -0.4 is 0 Å². The van der Waals surface area contributed by atoms with Crippen LogP contribution in [0.3, 0.4) is 0 Å². The summed E-state index contributed by atoms with van der Waals surface area (Å²) in [5, 5.41) is 0. The van der Waals surface area contributed by atoms with Crippen LogP contribution in [0.1, 0.15) is 99.0 Å². The van der Waals surface area contributed by atoms with Gasteiger partial charge in [0.2, 0.25) is 0 Å². The Morgan fingerprint density at radius 1 is 0.909 bits per heavy atom. The fourth-order valence-electron chi connectivity index (χ4n) is 2.62. The van der Waals surface area contributed by atoms with Crippen molar-refractivity contribution in [3.8, 4) is 0 Å². The lowest BCUT2D eigenvalue weighted by atomic mass is 10.0. The van der Waals surface area contributed by atoms with Crippen molar-refractivity contribution in [1.29, 1.82) is 0 Å². The molecule has 0 unspecified atom stereocenters. The number of rotatable bonds is 5. The zero-order chi connectivity index (χ0) is 17.4. The lowest BCUT2D eigenvalue weighted by Crippen LogP contribution is -1.91. The molecule has 1 aliphatic carbocycles. The van der Waals surface area contributed by atoms with Crippen molar-refractivity contribution in [2.75, 3.05) is 0 Å². The van der Waals surface area contributed by atoms with Crippen molar-refractivity contribution >= 4 is 0 Å². The molecule has 130 valence electrons. The third kappa shape index (κ3) is 11.8. The summed E-state index contributed by atoms with van der Waals surface area (Å²) < 4.78 is 0. The summed E-state index contributed by atoms with van der Waals surface area (Å²) in [5.41, 5.74) is 1.52. The summed E-state index contributed by atoms with van der Waals surface area (Å²) in [4.78, 5) is 0. The van der Waals surface area contributed by atoms with E-state index in [9.17, 15) is 0 Å². The van der Waals surface area contributed by atoms with Crippen LogP contribution in [0.4, 0.5) is 0 Å². The summed E-state index contributed by atoms with van der Waals surface area (Å²) in [6.07, 6.45) is 6.91. The molecule has 0 amide bonds. The van der Waals surface area contributed by atoms with Gasteiger partial charge in [0.15, 0.2) is 0 Å². The maximum Gasteiger partial charge on any atom is -0.0133 e. The normalized spacial score (nSPS) is 18.0. The van der Waals surface area contributed by atoms with E-state index in [1.807, 2.05) is 27.7 Å².